The smallest absolute Gasteiger partial charge is 0.336 e. The summed E-state index contributed by atoms with van der Waals surface area (Å²) in [5.74, 6) is -3.55. The van der Waals surface area contributed by atoms with Gasteiger partial charge in [0, 0.05) is 0 Å². The largest absolute Gasteiger partial charge is 0.479 e. The van der Waals surface area contributed by atoms with Crippen molar-refractivity contribution < 1.29 is 24.5 Å². The Kier molecular flexibility index (Phi) is 4.30. The summed E-state index contributed by atoms with van der Waals surface area (Å²) in [6.07, 6.45) is 1.06. The number of carbonyl (C=O) groups is 2. The summed E-state index contributed by atoms with van der Waals surface area (Å²) in [4.78, 5) is 21.8. The molecule has 2 N–H and O–H groups in total. The summed E-state index contributed by atoms with van der Waals surface area (Å²) in [5.41, 5.74) is -2.19. The number of hydrogen-bond donors (Lipinski definition) is 2. The van der Waals surface area contributed by atoms with Gasteiger partial charge in [-0.25, -0.2) is 4.79 Å². The second-order valence-electron chi connectivity index (χ2n) is 2.92. The number of ether oxygens (including phenoxy) is 1. The van der Waals surface area contributed by atoms with E-state index in [1.165, 1.54) is 0 Å². The van der Waals surface area contributed by atoms with E-state index in [0.29, 0.717) is 0 Å². The van der Waals surface area contributed by atoms with Crippen LogP contribution < -0.4 is 0 Å². The maximum Gasteiger partial charge on any atom is 0.336 e. The Bertz CT molecular complexity index is 244. The van der Waals surface area contributed by atoms with Gasteiger partial charge >= 0.3 is 11.9 Å². The summed E-state index contributed by atoms with van der Waals surface area (Å²) in [5, 5.41) is 18.1. The SMILES string of the molecule is C=C[C@H](C(=O)OCC)[C@@](C)(O)C(=O)O. The first-order valence-corrected chi connectivity index (χ1v) is 4.12. The van der Waals surface area contributed by atoms with Crippen molar-refractivity contribution in [2.24, 2.45) is 5.92 Å². The fraction of sp³-hybridized carbons (Fsp3) is 0.556. The van der Waals surface area contributed by atoms with E-state index in [4.69, 9.17) is 5.11 Å². The Morgan fingerprint density at radius 2 is 2.14 bits per heavy atom. The highest BCUT2D eigenvalue weighted by Gasteiger charge is 2.43. The summed E-state index contributed by atoms with van der Waals surface area (Å²) in [6.45, 7) is 6.03. The minimum atomic E-state index is -2.19. The number of hydrogen-bond acceptors (Lipinski definition) is 4. The van der Waals surface area contributed by atoms with Crippen LogP contribution in [0.4, 0.5) is 0 Å². The van der Waals surface area contributed by atoms with E-state index in [1.54, 1.807) is 6.92 Å². The average molecular weight is 202 g/mol. The van der Waals surface area contributed by atoms with Crippen molar-refractivity contribution >= 4 is 11.9 Å². The van der Waals surface area contributed by atoms with Crippen LogP contribution >= 0.6 is 0 Å². The molecule has 0 aliphatic carbocycles. The molecule has 0 spiro atoms. The van der Waals surface area contributed by atoms with E-state index in [1.807, 2.05) is 0 Å². The molecule has 0 saturated heterocycles. The normalized spacial score (nSPS) is 16.5. The van der Waals surface area contributed by atoms with Crippen LogP contribution in [0.2, 0.25) is 0 Å². The van der Waals surface area contributed by atoms with Crippen molar-refractivity contribution in [1.29, 1.82) is 0 Å². The van der Waals surface area contributed by atoms with E-state index in [9.17, 15) is 14.7 Å². The molecule has 0 unspecified atom stereocenters. The van der Waals surface area contributed by atoms with E-state index in [0.717, 1.165) is 13.0 Å². The number of aliphatic hydroxyl groups is 1. The van der Waals surface area contributed by atoms with E-state index in [2.05, 4.69) is 11.3 Å². The van der Waals surface area contributed by atoms with Crippen LogP contribution in [0.3, 0.4) is 0 Å². The van der Waals surface area contributed by atoms with Gasteiger partial charge in [-0.15, -0.1) is 6.58 Å². The quantitative estimate of drug-likeness (QED) is 0.491. The van der Waals surface area contributed by atoms with Gasteiger partial charge in [0.1, 0.15) is 5.92 Å². The number of esters is 1. The Morgan fingerprint density at radius 3 is 2.43 bits per heavy atom. The molecule has 0 aromatic heterocycles. The van der Waals surface area contributed by atoms with Gasteiger partial charge in [0.05, 0.1) is 6.61 Å². The summed E-state index contributed by atoms with van der Waals surface area (Å²) < 4.78 is 4.60. The maximum absolute atomic E-state index is 11.2. The number of carbonyl (C=O) groups excluding carboxylic acids is 1. The lowest BCUT2D eigenvalue weighted by Gasteiger charge is -2.24. The van der Waals surface area contributed by atoms with Gasteiger partial charge in [-0.05, 0) is 13.8 Å². The van der Waals surface area contributed by atoms with Gasteiger partial charge in [0.15, 0.2) is 5.60 Å². The molecule has 0 rings (SSSR count). The molecule has 0 bridgehead atoms. The van der Waals surface area contributed by atoms with Gasteiger partial charge in [0.25, 0.3) is 0 Å². The highest BCUT2D eigenvalue weighted by atomic mass is 16.5. The lowest BCUT2D eigenvalue weighted by molar-refractivity contribution is -0.171. The molecule has 0 radical (unpaired) electrons. The topological polar surface area (TPSA) is 83.8 Å². The molecule has 14 heavy (non-hydrogen) atoms. The fourth-order valence-electron chi connectivity index (χ4n) is 0.920. The van der Waals surface area contributed by atoms with Gasteiger partial charge in [-0.1, -0.05) is 6.08 Å². The molecule has 0 amide bonds. The molecule has 5 heteroatoms. The van der Waals surface area contributed by atoms with Crippen LogP contribution in [-0.4, -0.2) is 34.4 Å². The molecule has 0 heterocycles. The molecule has 0 aromatic carbocycles. The zero-order valence-corrected chi connectivity index (χ0v) is 8.19. The first-order valence-electron chi connectivity index (χ1n) is 4.12. The van der Waals surface area contributed by atoms with E-state index >= 15 is 0 Å². The van der Waals surface area contributed by atoms with Crippen molar-refractivity contribution in [1.82, 2.24) is 0 Å². The first-order chi connectivity index (χ1) is 6.37. The molecule has 0 aliphatic rings. The van der Waals surface area contributed by atoms with Crippen LogP contribution in [0.1, 0.15) is 13.8 Å². The second-order valence-corrected chi connectivity index (χ2v) is 2.92. The van der Waals surface area contributed by atoms with Gasteiger partial charge < -0.3 is 14.9 Å². The Labute approximate surface area is 82.0 Å². The van der Waals surface area contributed by atoms with Crippen molar-refractivity contribution in [3.05, 3.63) is 12.7 Å². The standard InChI is InChI=1S/C9H14O5/c1-4-6(7(10)14-5-2)9(3,13)8(11)12/h4,6,13H,1,5H2,2-3H3,(H,11,12)/t6-,9-/m1/s1. The lowest BCUT2D eigenvalue weighted by Crippen LogP contribution is -2.46. The number of aliphatic carboxylic acids is 1. The minimum absolute atomic E-state index is 0.124. The Balaban J connectivity index is 4.80. The van der Waals surface area contributed by atoms with Crippen LogP contribution in [0, 0.1) is 5.92 Å². The summed E-state index contributed by atoms with van der Waals surface area (Å²) in [7, 11) is 0. The monoisotopic (exact) mass is 202 g/mol. The summed E-state index contributed by atoms with van der Waals surface area (Å²) in [6, 6.07) is 0. The van der Waals surface area contributed by atoms with E-state index < -0.39 is 23.5 Å². The summed E-state index contributed by atoms with van der Waals surface area (Å²) >= 11 is 0. The van der Waals surface area contributed by atoms with Gasteiger partial charge in [0.2, 0.25) is 0 Å². The minimum Gasteiger partial charge on any atom is -0.479 e. The highest BCUT2D eigenvalue weighted by molar-refractivity contribution is 5.87. The van der Waals surface area contributed by atoms with Crippen molar-refractivity contribution in [3.63, 3.8) is 0 Å². The molecule has 2 atom stereocenters. The number of carboxylic acids is 1. The number of carboxylic acid groups (broad SMARTS) is 1. The predicted molar refractivity (Wildman–Crippen MR) is 48.6 cm³/mol. The third kappa shape index (κ3) is 2.56. The van der Waals surface area contributed by atoms with Gasteiger partial charge in [-0.2, -0.15) is 0 Å². The van der Waals surface area contributed by atoms with Gasteiger partial charge in [-0.3, -0.25) is 4.79 Å². The van der Waals surface area contributed by atoms with Crippen LogP contribution in [-0.2, 0) is 14.3 Å². The third-order valence-electron chi connectivity index (χ3n) is 1.81. The molecule has 5 nitrogen and oxygen atoms in total. The van der Waals surface area contributed by atoms with Crippen molar-refractivity contribution in [2.45, 2.75) is 19.4 Å². The van der Waals surface area contributed by atoms with Crippen molar-refractivity contribution in [3.8, 4) is 0 Å². The molecule has 0 aromatic rings. The third-order valence-corrected chi connectivity index (χ3v) is 1.81. The number of rotatable bonds is 5. The zero-order chi connectivity index (χ0) is 11.4. The molecule has 0 fully saturated rings. The second kappa shape index (κ2) is 4.76. The van der Waals surface area contributed by atoms with Crippen LogP contribution in [0.15, 0.2) is 12.7 Å². The molecule has 0 saturated carbocycles. The first kappa shape index (κ1) is 12.6. The van der Waals surface area contributed by atoms with Crippen LogP contribution in [0.5, 0.6) is 0 Å². The average Bonchev–Trinajstić information content (AvgIpc) is 2.04. The lowest BCUT2D eigenvalue weighted by atomic mass is 9.89. The fourth-order valence-corrected chi connectivity index (χ4v) is 0.920. The predicted octanol–water partition coefficient (Wildman–Crippen LogP) is 0.187. The van der Waals surface area contributed by atoms with Crippen LogP contribution in [0.25, 0.3) is 0 Å². The van der Waals surface area contributed by atoms with Crippen molar-refractivity contribution in [2.75, 3.05) is 6.61 Å². The molecular weight excluding hydrogens is 188 g/mol. The molecular formula is C9H14O5. The van der Waals surface area contributed by atoms with E-state index in [-0.39, 0.29) is 6.61 Å². The maximum atomic E-state index is 11.2. The Hall–Kier alpha value is -1.36. The zero-order valence-electron chi connectivity index (χ0n) is 8.19. The molecule has 80 valence electrons. The Morgan fingerprint density at radius 1 is 1.64 bits per heavy atom. The molecule has 0 aliphatic heterocycles. The highest BCUT2D eigenvalue weighted by Crippen LogP contribution is 2.20.